The lowest BCUT2D eigenvalue weighted by Crippen LogP contribution is -2.40. The second kappa shape index (κ2) is 4.76. The van der Waals surface area contributed by atoms with Crippen molar-refractivity contribution in [1.82, 2.24) is 4.98 Å². The second-order valence-electron chi connectivity index (χ2n) is 3.93. The van der Waals surface area contributed by atoms with E-state index in [0.29, 0.717) is 17.1 Å². The minimum absolute atomic E-state index is 0.370. The van der Waals surface area contributed by atoms with E-state index in [0.717, 1.165) is 24.2 Å². The van der Waals surface area contributed by atoms with Crippen molar-refractivity contribution in [3.8, 4) is 0 Å². The molecule has 0 unspecified atom stereocenters. The van der Waals surface area contributed by atoms with E-state index in [9.17, 15) is 0 Å². The molecule has 1 aliphatic rings. The number of methoxy groups -OCH3 is 1. The number of nitrogens with one attached hydrogen (secondary N) is 1. The van der Waals surface area contributed by atoms with Gasteiger partial charge in [0, 0.05) is 19.3 Å². The van der Waals surface area contributed by atoms with Crippen molar-refractivity contribution in [2.75, 3.05) is 12.4 Å². The van der Waals surface area contributed by atoms with E-state index < -0.39 is 0 Å². The molecule has 4 nitrogen and oxygen atoms in total. The van der Waals surface area contributed by atoms with Crippen LogP contribution in [0.1, 0.15) is 18.4 Å². The van der Waals surface area contributed by atoms with E-state index in [-0.39, 0.29) is 0 Å². The third kappa shape index (κ3) is 2.31. The molecule has 1 fully saturated rings. The summed E-state index contributed by atoms with van der Waals surface area (Å²) in [4.78, 5) is 4.63. The Kier molecular flexibility index (Phi) is 3.36. The minimum atomic E-state index is 0.370. The Hall–Kier alpha value is -1.20. The molecule has 0 bridgehead atoms. The lowest BCUT2D eigenvalue weighted by molar-refractivity contribution is 0.0328. The summed E-state index contributed by atoms with van der Waals surface area (Å²) >= 11 is 4.98. The summed E-state index contributed by atoms with van der Waals surface area (Å²) in [5.41, 5.74) is 6.43. The Bertz CT molecular complexity index is 391. The van der Waals surface area contributed by atoms with Gasteiger partial charge in [0.1, 0.15) is 10.8 Å². The van der Waals surface area contributed by atoms with E-state index in [4.69, 9.17) is 22.7 Å². The molecule has 16 heavy (non-hydrogen) atoms. The van der Waals surface area contributed by atoms with Crippen LogP contribution in [0.15, 0.2) is 18.3 Å². The number of ether oxygens (including phenoxy) is 1. The summed E-state index contributed by atoms with van der Waals surface area (Å²) in [6.45, 7) is 0. The quantitative estimate of drug-likeness (QED) is 0.773. The predicted octanol–water partition coefficient (Wildman–Crippen LogP) is 1.31. The van der Waals surface area contributed by atoms with Crippen LogP contribution >= 0.6 is 12.2 Å². The molecule has 3 N–H and O–H groups in total. The van der Waals surface area contributed by atoms with Gasteiger partial charge in [-0.05, 0) is 25.0 Å². The van der Waals surface area contributed by atoms with Crippen LogP contribution in [0.5, 0.6) is 0 Å². The lowest BCUT2D eigenvalue weighted by atomic mass is 9.89. The molecule has 1 aliphatic carbocycles. The summed E-state index contributed by atoms with van der Waals surface area (Å²) in [5.74, 6) is 0.773. The first-order valence-corrected chi connectivity index (χ1v) is 5.65. The number of nitrogens with two attached hydrogens (primary N) is 1. The third-order valence-electron chi connectivity index (χ3n) is 2.84. The van der Waals surface area contributed by atoms with Gasteiger partial charge < -0.3 is 15.8 Å². The van der Waals surface area contributed by atoms with E-state index in [1.165, 1.54) is 0 Å². The molecule has 0 radical (unpaired) electrons. The number of rotatable bonds is 4. The van der Waals surface area contributed by atoms with Crippen molar-refractivity contribution in [3.05, 3.63) is 23.9 Å². The third-order valence-corrected chi connectivity index (χ3v) is 3.06. The number of pyridine rings is 1. The zero-order chi connectivity index (χ0) is 11.5. The summed E-state index contributed by atoms with van der Waals surface area (Å²) in [6.07, 6.45) is 4.11. The van der Waals surface area contributed by atoms with Crippen LogP contribution < -0.4 is 11.1 Å². The maximum absolute atomic E-state index is 5.63. The molecule has 2 rings (SSSR count). The molecule has 0 amide bonds. The van der Waals surface area contributed by atoms with Crippen LogP contribution in [0, 0.1) is 0 Å². The number of hydrogen-bond acceptors (Lipinski definition) is 4. The topological polar surface area (TPSA) is 60.2 Å². The Morgan fingerprint density at radius 1 is 1.62 bits per heavy atom. The largest absolute Gasteiger partial charge is 0.389 e. The highest BCUT2D eigenvalue weighted by molar-refractivity contribution is 7.80. The van der Waals surface area contributed by atoms with Gasteiger partial charge in [0.25, 0.3) is 0 Å². The molecule has 0 atom stereocenters. The van der Waals surface area contributed by atoms with Gasteiger partial charge in [-0.25, -0.2) is 4.98 Å². The van der Waals surface area contributed by atoms with Crippen LogP contribution in [0.25, 0.3) is 0 Å². The zero-order valence-corrected chi connectivity index (χ0v) is 9.96. The van der Waals surface area contributed by atoms with Crippen molar-refractivity contribution in [1.29, 1.82) is 0 Å². The first-order valence-electron chi connectivity index (χ1n) is 5.25. The molecular weight excluding hydrogens is 222 g/mol. The van der Waals surface area contributed by atoms with Crippen LogP contribution in [0.4, 0.5) is 5.82 Å². The summed E-state index contributed by atoms with van der Waals surface area (Å²) < 4.78 is 5.22. The van der Waals surface area contributed by atoms with Gasteiger partial charge in [-0.2, -0.15) is 0 Å². The molecule has 0 saturated heterocycles. The fourth-order valence-corrected chi connectivity index (χ4v) is 1.95. The van der Waals surface area contributed by atoms with Gasteiger partial charge in [-0.1, -0.05) is 12.2 Å². The zero-order valence-electron chi connectivity index (χ0n) is 9.14. The van der Waals surface area contributed by atoms with Crippen molar-refractivity contribution in [3.63, 3.8) is 0 Å². The SMILES string of the molecule is COC1CC(Nc2ncccc2C(N)=S)C1. The lowest BCUT2D eigenvalue weighted by Gasteiger charge is -2.35. The van der Waals surface area contributed by atoms with Crippen molar-refractivity contribution >= 4 is 23.0 Å². The highest BCUT2D eigenvalue weighted by Crippen LogP contribution is 2.26. The Morgan fingerprint density at radius 2 is 2.38 bits per heavy atom. The normalized spacial score (nSPS) is 23.6. The number of thiocarbonyl (C=S) groups is 1. The molecule has 1 aromatic heterocycles. The Balaban J connectivity index is 2.02. The molecule has 1 heterocycles. The summed E-state index contributed by atoms with van der Waals surface area (Å²) in [6, 6.07) is 4.12. The molecule has 5 heteroatoms. The minimum Gasteiger partial charge on any atom is -0.389 e. The van der Waals surface area contributed by atoms with Crippen LogP contribution in [0.2, 0.25) is 0 Å². The smallest absolute Gasteiger partial charge is 0.136 e. The van der Waals surface area contributed by atoms with Gasteiger partial charge in [0.15, 0.2) is 0 Å². The first-order chi connectivity index (χ1) is 7.70. The Morgan fingerprint density at radius 3 is 3.00 bits per heavy atom. The number of anilines is 1. The van der Waals surface area contributed by atoms with E-state index in [1.807, 2.05) is 12.1 Å². The maximum atomic E-state index is 5.63. The summed E-state index contributed by atoms with van der Waals surface area (Å²) in [5, 5.41) is 3.33. The highest BCUT2D eigenvalue weighted by atomic mass is 32.1. The van der Waals surface area contributed by atoms with Crippen molar-refractivity contribution < 1.29 is 4.74 Å². The average molecular weight is 237 g/mol. The summed E-state index contributed by atoms with van der Waals surface area (Å²) in [7, 11) is 1.74. The van der Waals surface area contributed by atoms with E-state index in [2.05, 4.69) is 10.3 Å². The van der Waals surface area contributed by atoms with Gasteiger partial charge in [0.05, 0.1) is 11.7 Å². The van der Waals surface area contributed by atoms with Crippen LogP contribution in [-0.4, -0.2) is 29.2 Å². The fraction of sp³-hybridized carbons (Fsp3) is 0.455. The van der Waals surface area contributed by atoms with Gasteiger partial charge in [-0.15, -0.1) is 0 Å². The molecule has 86 valence electrons. The maximum Gasteiger partial charge on any atom is 0.136 e. The van der Waals surface area contributed by atoms with Crippen molar-refractivity contribution in [2.24, 2.45) is 5.73 Å². The van der Waals surface area contributed by atoms with E-state index in [1.54, 1.807) is 13.3 Å². The van der Waals surface area contributed by atoms with E-state index >= 15 is 0 Å². The molecular formula is C11H15N3OS. The monoisotopic (exact) mass is 237 g/mol. The molecule has 1 saturated carbocycles. The van der Waals surface area contributed by atoms with Crippen LogP contribution in [-0.2, 0) is 4.74 Å². The van der Waals surface area contributed by atoms with Gasteiger partial charge in [-0.3, -0.25) is 0 Å². The molecule has 0 spiro atoms. The fourth-order valence-electron chi connectivity index (χ4n) is 1.79. The van der Waals surface area contributed by atoms with Gasteiger partial charge >= 0.3 is 0 Å². The second-order valence-corrected chi connectivity index (χ2v) is 4.37. The molecule has 1 aromatic rings. The number of aromatic nitrogens is 1. The predicted molar refractivity (Wildman–Crippen MR) is 67.6 cm³/mol. The number of nitrogens with zero attached hydrogens (tertiary/aromatic N) is 1. The van der Waals surface area contributed by atoms with Crippen LogP contribution in [0.3, 0.4) is 0 Å². The van der Waals surface area contributed by atoms with Crippen molar-refractivity contribution in [2.45, 2.75) is 25.0 Å². The highest BCUT2D eigenvalue weighted by Gasteiger charge is 2.29. The number of hydrogen-bond donors (Lipinski definition) is 2. The standard InChI is InChI=1S/C11H15N3OS/c1-15-8-5-7(6-8)14-11-9(10(12)16)3-2-4-13-11/h2-4,7-8H,5-6H2,1H3,(H2,12,16)(H,13,14). The molecule has 0 aliphatic heterocycles. The first kappa shape index (κ1) is 11.3. The average Bonchev–Trinajstić information content (AvgIpc) is 2.23. The molecule has 0 aromatic carbocycles. The van der Waals surface area contributed by atoms with Gasteiger partial charge in [0.2, 0.25) is 0 Å². The Labute approximate surface area is 100 Å².